The predicted octanol–water partition coefficient (Wildman–Crippen LogP) is 9.85. The second-order valence-corrected chi connectivity index (χ2v) is 10.3. The lowest BCUT2D eigenvalue weighted by atomic mass is 9.80. The SMILES string of the molecule is C=C(/C=c1/c(C(=C)C)c(C)[nH]/c1=C/C)CC/C(=C/C=C\C)C(=C)C(C)F.CCCCC(C)(CC)CC.CF.CN. The molecule has 0 saturated heterocycles. The van der Waals surface area contributed by atoms with E-state index in [2.05, 4.69) is 77.2 Å². The number of aromatic amines is 1. The number of aromatic nitrogens is 1. The van der Waals surface area contributed by atoms with E-state index in [0.29, 0.717) is 24.6 Å². The quantitative estimate of drug-likeness (QED) is 0.232. The van der Waals surface area contributed by atoms with Crippen LogP contribution in [0.2, 0.25) is 0 Å². The summed E-state index contributed by atoms with van der Waals surface area (Å²) in [5.41, 5.74) is 10.9. The molecule has 0 saturated carbocycles. The Morgan fingerprint density at radius 3 is 2.00 bits per heavy atom. The van der Waals surface area contributed by atoms with Gasteiger partial charge in [-0.1, -0.05) is 103 Å². The van der Waals surface area contributed by atoms with Gasteiger partial charge in [-0.15, -0.1) is 0 Å². The Labute approximate surface area is 246 Å². The standard InChI is InChI=1S/C24H32FN.C10H22.CH3F.CH5N/c1-9-11-12-21(18(6)19(7)25)14-13-17(5)15-22-23(10-2)26-20(8)24(22)16(3)4;1-5-8-9-10(4,6-2)7-3;2*1-2/h9-12,15,19,26H,3,5-6,13-14H2,1-2,4,7-8H3;5-9H2,1-4H3;1H3;2H2,1H3/b11-9-,21-12-,22-15+,23-10+;;;. The zero-order chi connectivity index (χ0) is 31.9. The Morgan fingerprint density at radius 2 is 1.60 bits per heavy atom. The number of allylic oxidation sites excluding steroid dienone is 7. The van der Waals surface area contributed by atoms with Crippen LogP contribution in [0.3, 0.4) is 0 Å². The van der Waals surface area contributed by atoms with Crippen LogP contribution in [0.25, 0.3) is 17.7 Å². The van der Waals surface area contributed by atoms with Crippen LogP contribution in [0.15, 0.2) is 54.7 Å². The molecule has 0 radical (unpaired) electrons. The van der Waals surface area contributed by atoms with Crippen molar-refractivity contribution in [3.05, 3.63) is 76.5 Å². The summed E-state index contributed by atoms with van der Waals surface area (Å²) < 4.78 is 23.2. The number of hydrogen-bond donors (Lipinski definition) is 2. The van der Waals surface area contributed by atoms with Crippen LogP contribution in [0.1, 0.15) is 112 Å². The fourth-order valence-electron chi connectivity index (χ4n) is 4.19. The van der Waals surface area contributed by atoms with Gasteiger partial charge in [0.25, 0.3) is 0 Å². The number of nitrogens with one attached hydrogen (secondary N) is 1. The highest BCUT2D eigenvalue weighted by Crippen LogP contribution is 2.31. The minimum atomic E-state index is -1.05. The molecule has 0 spiro atoms. The molecule has 40 heavy (non-hydrogen) atoms. The zero-order valence-electron chi connectivity index (χ0n) is 27.9. The first-order valence-electron chi connectivity index (χ1n) is 14.7. The molecule has 1 aromatic heterocycles. The highest BCUT2D eigenvalue weighted by molar-refractivity contribution is 5.67. The molecule has 1 atom stereocenters. The fraction of sp³-hybridized carbons (Fsp3) is 0.556. The van der Waals surface area contributed by atoms with Gasteiger partial charge in [0.05, 0.1) is 7.18 Å². The molecular weight excluding hydrogens is 498 g/mol. The third kappa shape index (κ3) is 16.0. The Balaban J connectivity index is -0.000000818. The van der Waals surface area contributed by atoms with Crippen LogP contribution in [0.4, 0.5) is 8.78 Å². The summed E-state index contributed by atoms with van der Waals surface area (Å²) in [6.07, 6.45) is 17.2. The zero-order valence-corrected chi connectivity index (χ0v) is 27.9. The number of hydrogen-bond acceptors (Lipinski definition) is 1. The van der Waals surface area contributed by atoms with E-state index in [4.69, 9.17) is 0 Å². The summed E-state index contributed by atoms with van der Waals surface area (Å²) in [4.78, 5) is 3.40. The van der Waals surface area contributed by atoms with Gasteiger partial charge in [0.15, 0.2) is 0 Å². The van der Waals surface area contributed by atoms with Crippen LogP contribution in [0.5, 0.6) is 0 Å². The van der Waals surface area contributed by atoms with Gasteiger partial charge in [-0.3, -0.25) is 4.39 Å². The van der Waals surface area contributed by atoms with Gasteiger partial charge in [0.1, 0.15) is 6.17 Å². The molecule has 1 aromatic rings. The molecule has 3 N–H and O–H groups in total. The first kappa shape index (κ1) is 42.0. The number of rotatable bonds is 13. The van der Waals surface area contributed by atoms with E-state index in [9.17, 15) is 8.78 Å². The van der Waals surface area contributed by atoms with E-state index < -0.39 is 6.17 Å². The lowest BCUT2D eigenvalue weighted by molar-refractivity contribution is 0.265. The van der Waals surface area contributed by atoms with E-state index in [1.807, 2.05) is 39.0 Å². The molecule has 230 valence electrons. The monoisotopic (exact) mass is 560 g/mol. The highest BCUT2D eigenvalue weighted by atomic mass is 19.1. The Hall–Kier alpha value is -2.46. The average Bonchev–Trinajstić information content (AvgIpc) is 3.28. The third-order valence-corrected chi connectivity index (χ3v) is 7.26. The molecule has 4 heteroatoms. The largest absolute Gasteiger partial charge is 0.358 e. The summed E-state index contributed by atoms with van der Waals surface area (Å²) in [6, 6.07) is 0. The molecule has 0 fully saturated rings. The van der Waals surface area contributed by atoms with Gasteiger partial charge < -0.3 is 10.7 Å². The van der Waals surface area contributed by atoms with Crippen molar-refractivity contribution in [2.75, 3.05) is 14.2 Å². The fourth-order valence-corrected chi connectivity index (χ4v) is 4.19. The van der Waals surface area contributed by atoms with Crippen molar-refractivity contribution in [2.45, 2.75) is 113 Å². The van der Waals surface area contributed by atoms with Crippen LogP contribution in [0, 0.1) is 12.3 Å². The van der Waals surface area contributed by atoms with Crippen LogP contribution in [-0.2, 0) is 0 Å². The molecule has 2 nitrogen and oxygen atoms in total. The summed E-state index contributed by atoms with van der Waals surface area (Å²) in [6.45, 7) is 31.0. The highest BCUT2D eigenvalue weighted by Gasteiger charge is 2.17. The van der Waals surface area contributed by atoms with Crippen molar-refractivity contribution in [1.82, 2.24) is 4.98 Å². The number of halogens is 2. The molecule has 1 heterocycles. The van der Waals surface area contributed by atoms with E-state index in [0.717, 1.165) is 45.0 Å². The van der Waals surface area contributed by atoms with Crippen molar-refractivity contribution in [3.8, 4) is 0 Å². The van der Waals surface area contributed by atoms with Crippen molar-refractivity contribution in [2.24, 2.45) is 11.1 Å². The van der Waals surface area contributed by atoms with E-state index in [1.54, 1.807) is 0 Å². The third-order valence-electron chi connectivity index (χ3n) is 7.26. The van der Waals surface area contributed by atoms with Gasteiger partial charge in [-0.25, -0.2) is 4.39 Å². The molecule has 0 aliphatic carbocycles. The predicted molar refractivity (Wildman–Crippen MR) is 180 cm³/mol. The Kier molecular flexibility index (Phi) is 25.6. The molecule has 0 aromatic carbocycles. The lowest BCUT2D eigenvalue weighted by Crippen LogP contribution is -2.24. The average molecular weight is 561 g/mol. The topological polar surface area (TPSA) is 41.8 Å². The maximum Gasteiger partial charge on any atom is 0.122 e. The van der Waals surface area contributed by atoms with Gasteiger partial charge in [-0.05, 0) is 89.1 Å². The van der Waals surface area contributed by atoms with E-state index in [1.165, 1.54) is 46.1 Å². The molecule has 0 bridgehead atoms. The summed E-state index contributed by atoms with van der Waals surface area (Å²) in [5.74, 6) is 0. The second kappa shape index (κ2) is 24.3. The maximum atomic E-state index is 13.7. The maximum absolute atomic E-state index is 13.7. The normalized spacial score (nSPS) is 13.0. The van der Waals surface area contributed by atoms with Gasteiger partial charge in [0.2, 0.25) is 0 Å². The number of H-pyrrole nitrogens is 1. The van der Waals surface area contributed by atoms with E-state index in [-0.39, 0.29) is 0 Å². The van der Waals surface area contributed by atoms with Crippen LogP contribution >= 0.6 is 0 Å². The first-order valence-corrected chi connectivity index (χ1v) is 14.7. The van der Waals surface area contributed by atoms with Crippen molar-refractivity contribution in [3.63, 3.8) is 0 Å². The molecule has 0 aliphatic rings. The second-order valence-electron chi connectivity index (χ2n) is 10.3. The Morgan fingerprint density at radius 1 is 1.05 bits per heavy atom. The smallest absolute Gasteiger partial charge is 0.122 e. The van der Waals surface area contributed by atoms with Crippen molar-refractivity contribution >= 4 is 17.7 Å². The molecule has 1 rings (SSSR count). The minimum Gasteiger partial charge on any atom is -0.358 e. The van der Waals surface area contributed by atoms with E-state index >= 15 is 0 Å². The van der Waals surface area contributed by atoms with Crippen molar-refractivity contribution < 1.29 is 8.78 Å². The van der Waals surface area contributed by atoms with Gasteiger partial charge in [-0.2, -0.15) is 0 Å². The molecule has 0 aliphatic heterocycles. The Bertz CT molecular complexity index is 1030. The molecule has 1 unspecified atom stereocenters. The first-order chi connectivity index (χ1) is 18.9. The van der Waals surface area contributed by atoms with Gasteiger partial charge >= 0.3 is 0 Å². The molecular formula is C36H62F2N2. The minimum absolute atomic E-state index is 0.500. The number of aryl methyl sites for hydroxylation is 1. The van der Waals surface area contributed by atoms with Crippen LogP contribution in [-0.4, -0.2) is 25.4 Å². The van der Waals surface area contributed by atoms with Crippen molar-refractivity contribution in [1.29, 1.82) is 0 Å². The number of alkyl halides is 2. The molecule has 0 amide bonds. The summed E-state index contributed by atoms with van der Waals surface area (Å²) in [7, 11) is 2.00. The summed E-state index contributed by atoms with van der Waals surface area (Å²) in [5, 5.41) is 2.20. The number of nitrogens with two attached hydrogens (primary N) is 1. The summed E-state index contributed by atoms with van der Waals surface area (Å²) >= 11 is 0. The van der Waals surface area contributed by atoms with Gasteiger partial charge in [0, 0.05) is 21.8 Å². The lowest BCUT2D eigenvalue weighted by Gasteiger charge is -2.26. The van der Waals surface area contributed by atoms with Crippen LogP contribution < -0.4 is 16.3 Å². The number of unbranched alkanes of at least 4 members (excludes halogenated alkanes) is 1.